The molecule has 1 saturated heterocycles. The summed E-state index contributed by atoms with van der Waals surface area (Å²) in [5, 5.41) is 24.5. The second-order valence-corrected chi connectivity index (χ2v) is 7.18. The number of hydrogen-bond donors (Lipinski definition) is 3. The Labute approximate surface area is 176 Å². The molecule has 0 aromatic carbocycles. The van der Waals surface area contributed by atoms with Gasteiger partial charge in [-0.25, -0.2) is 15.0 Å². The molecule has 1 unspecified atom stereocenters. The molecular weight excluding hydrogens is 400 g/mol. The molecule has 5 rings (SSSR count). The van der Waals surface area contributed by atoms with Gasteiger partial charge in [-0.05, 0) is 18.2 Å². The summed E-state index contributed by atoms with van der Waals surface area (Å²) < 4.78 is 5.32. The molecule has 1 amide bonds. The van der Waals surface area contributed by atoms with Crippen LogP contribution in [-0.4, -0.2) is 59.8 Å². The number of aromatic amines is 1. The van der Waals surface area contributed by atoms with E-state index < -0.39 is 11.5 Å². The molecule has 0 saturated carbocycles. The molecule has 0 radical (unpaired) electrons. The number of aliphatic hydroxyl groups is 1. The highest BCUT2D eigenvalue weighted by Gasteiger charge is 2.48. The van der Waals surface area contributed by atoms with Crippen molar-refractivity contribution in [3.63, 3.8) is 0 Å². The van der Waals surface area contributed by atoms with E-state index in [1.807, 2.05) is 12.1 Å². The van der Waals surface area contributed by atoms with Gasteiger partial charge in [-0.15, -0.1) is 0 Å². The third-order valence-electron chi connectivity index (χ3n) is 5.10. The topological polar surface area (TPSA) is 146 Å². The van der Waals surface area contributed by atoms with Gasteiger partial charge in [-0.2, -0.15) is 5.10 Å². The number of carbonyl (C=O) groups is 1. The second kappa shape index (κ2) is 7.29. The van der Waals surface area contributed by atoms with E-state index in [-0.39, 0.29) is 12.2 Å². The SMILES string of the molecule is CN1CCC(O)(c2cc(-c3cccc(-c4ccnc(Nc5ccn[nH]5)n4)n3)no2)C1=O. The number of amides is 1. The van der Waals surface area contributed by atoms with E-state index in [0.29, 0.717) is 41.1 Å². The Morgan fingerprint density at radius 3 is 2.68 bits per heavy atom. The molecule has 0 aliphatic carbocycles. The van der Waals surface area contributed by atoms with Crippen molar-refractivity contribution >= 4 is 17.7 Å². The number of pyridine rings is 1. The molecule has 5 heterocycles. The summed E-state index contributed by atoms with van der Waals surface area (Å²) in [6, 6.07) is 10.5. The van der Waals surface area contributed by atoms with Crippen LogP contribution in [0, 0.1) is 0 Å². The fraction of sp³-hybridized carbons (Fsp3) is 0.200. The Morgan fingerprint density at radius 1 is 1.13 bits per heavy atom. The van der Waals surface area contributed by atoms with Crippen molar-refractivity contribution < 1.29 is 14.4 Å². The minimum atomic E-state index is -1.70. The number of carbonyl (C=O) groups excluding carboxylic acids is 1. The van der Waals surface area contributed by atoms with Crippen molar-refractivity contribution in [2.45, 2.75) is 12.0 Å². The van der Waals surface area contributed by atoms with E-state index in [9.17, 15) is 9.90 Å². The van der Waals surface area contributed by atoms with Crippen LogP contribution in [0.2, 0.25) is 0 Å². The Balaban J connectivity index is 1.43. The number of hydrogen-bond acceptors (Lipinski definition) is 9. The Morgan fingerprint density at radius 2 is 1.94 bits per heavy atom. The predicted molar refractivity (Wildman–Crippen MR) is 109 cm³/mol. The standard InChI is InChI=1S/C20H18N8O3/c1-28-10-7-20(30,18(28)29)16-11-15(27-31-16)13-4-2-3-12(23-13)14-5-8-21-19(24-14)25-17-6-9-22-26-17/h2-6,8-9,11,30H,7,10H2,1H3,(H2,21,22,24,25,26). The molecule has 0 bridgehead atoms. The van der Waals surface area contributed by atoms with Gasteiger partial charge in [-0.3, -0.25) is 9.89 Å². The van der Waals surface area contributed by atoms with Crippen molar-refractivity contribution in [2.24, 2.45) is 0 Å². The summed E-state index contributed by atoms with van der Waals surface area (Å²) in [7, 11) is 1.64. The zero-order chi connectivity index (χ0) is 21.4. The largest absolute Gasteiger partial charge is 0.373 e. The molecule has 1 fully saturated rings. The molecule has 3 N–H and O–H groups in total. The molecule has 0 spiro atoms. The van der Waals surface area contributed by atoms with Crippen molar-refractivity contribution in [2.75, 3.05) is 18.9 Å². The summed E-state index contributed by atoms with van der Waals surface area (Å²) in [5.74, 6) is 0.759. The van der Waals surface area contributed by atoms with Crippen LogP contribution in [0.3, 0.4) is 0 Å². The smallest absolute Gasteiger partial charge is 0.262 e. The van der Waals surface area contributed by atoms with Gasteiger partial charge in [0.2, 0.25) is 11.5 Å². The lowest BCUT2D eigenvalue weighted by molar-refractivity contribution is -0.144. The molecule has 156 valence electrons. The first kappa shape index (κ1) is 18.9. The molecule has 1 aliphatic rings. The quantitative estimate of drug-likeness (QED) is 0.441. The van der Waals surface area contributed by atoms with Gasteiger partial charge in [0, 0.05) is 38.3 Å². The minimum absolute atomic E-state index is 0.108. The summed E-state index contributed by atoms with van der Waals surface area (Å²) in [6.07, 6.45) is 3.50. The maximum atomic E-state index is 12.3. The number of nitrogens with zero attached hydrogens (tertiary/aromatic N) is 6. The highest BCUT2D eigenvalue weighted by atomic mass is 16.5. The summed E-state index contributed by atoms with van der Waals surface area (Å²) >= 11 is 0. The minimum Gasteiger partial charge on any atom is -0.373 e. The lowest BCUT2D eigenvalue weighted by atomic mass is 9.98. The van der Waals surface area contributed by atoms with Gasteiger partial charge in [0.05, 0.1) is 23.3 Å². The number of aromatic nitrogens is 6. The Hall–Kier alpha value is -4.12. The van der Waals surface area contributed by atoms with Crippen molar-refractivity contribution in [3.05, 3.63) is 54.6 Å². The van der Waals surface area contributed by atoms with Crippen molar-refractivity contribution in [1.82, 2.24) is 35.2 Å². The summed E-state index contributed by atoms with van der Waals surface area (Å²) in [6.45, 7) is 0.446. The summed E-state index contributed by atoms with van der Waals surface area (Å²) in [5.41, 5.74) is 0.452. The highest BCUT2D eigenvalue weighted by Crippen LogP contribution is 2.34. The Bertz CT molecular complexity index is 1240. The van der Waals surface area contributed by atoms with Crippen LogP contribution in [0.5, 0.6) is 0 Å². The normalized spacial score (nSPS) is 18.5. The van der Waals surface area contributed by atoms with E-state index in [1.54, 1.807) is 43.7 Å². The number of anilines is 2. The summed E-state index contributed by atoms with van der Waals surface area (Å²) in [4.78, 5) is 27.1. The highest BCUT2D eigenvalue weighted by molar-refractivity contribution is 5.87. The average molecular weight is 418 g/mol. The van der Waals surface area contributed by atoms with E-state index in [0.717, 1.165) is 0 Å². The van der Waals surface area contributed by atoms with Crippen LogP contribution in [0.1, 0.15) is 12.2 Å². The van der Waals surface area contributed by atoms with Crippen LogP contribution in [0.25, 0.3) is 22.8 Å². The zero-order valence-corrected chi connectivity index (χ0v) is 16.5. The molecule has 11 heteroatoms. The van der Waals surface area contributed by atoms with Crippen molar-refractivity contribution in [3.8, 4) is 22.8 Å². The monoisotopic (exact) mass is 418 g/mol. The van der Waals surface area contributed by atoms with Crippen LogP contribution in [-0.2, 0) is 10.4 Å². The van der Waals surface area contributed by atoms with E-state index in [1.165, 1.54) is 4.90 Å². The van der Waals surface area contributed by atoms with Crippen LogP contribution < -0.4 is 5.32 Å². The maximum Gasteiger partial charge on any atom is 0.262 e. The van der Waals surface area contributed by atoms with Crippen LogP contribution in [0.4, 0.5) is 11.8 Å². The van der Waals surface area contributed by atoms with Crippen LogP contribution >= 0.6 is 0 Å². The van der Waals surface area contributed by atoms with Gasteiger partial charge in [-0.1, -0.05) is 11.2 Å². The molecule has 4 aromatic heterocycles. The van der Waals surface area contributed by atoms with Crippen molar-refractivity contribution in [1.29, 1.82) is 0 Å². The van der Waals surface area contributed by atoms with Gasteiger partial charge >= 0.3 is 0 Å². The number of nitrogens with one attached hydrogen (secondary N) is 2. The van der Waals surface area contributed by atoms with E-state index in [2.05, 4.69) is 35.6 Å². The van der Waals surface area contributed by atoms with E-state index in [4.69, 9.17) is 4.52 Å². The van der Waals surface area contributed by atoms with E-state index >= 15 is 0 Å². The zero-order valence-electron chi connectivity index (χ0n) is 16.5. The van der Waals surface area contributed by atoms with Gasteiger partial charge in [0.1, 0.15) is 11.5 Å². The molecule has 11 nitrogen and oxygen atoms in total. The molecule has 4 aromatic rings. The van der Waals surface area contributed by atoms with Gasteiger partial charge in [0.25, 0.3) is 5.91 Å². The lowest BCUT2D eigenvalue weighted by Gasteiger charge is -2.16. The predicted octanol–water partition coefficient (Wildman–Crippen LogP) is 1.71. The first-order chi connectivity index (χ1) is 15.0. The number of likely N-dealkylation sites (tertiary alicyclic amines) is 1. The second-order valence-electron chi connectivity index (χ2n) is 7.18. The van der Waals surface area contributed by atoms with Gasteiger partial charge < -0.3 is 19.8 Å². The van der Waals surface area contributed by atoms with Gasteiger partial charge in [0.15, 0.2) is 5.76 Å². The Kier molecular flexibility index (Phi) is 4.44. The van der Waals surface area contributed by atoms with Crippen LogP contribution in [0.15, 0.2) is 53.3 Å². The fourth-order valence-electron chi connectivity index (χ4n) is 3.40. The first-order valence-electron chi connectivity index (χ1n) is 9.55. The average Bonchev–Trinajstić information content (AvgIpc) is 3.54. The molecule has 1 atom stereocenters. The number of likely N-dealkylation sites (N-methyl/N-ethyl adjacent to an activating group) is 1. The number of H-pyrrole nitrogens is 1. The maximum absolute atomic E-state index is 12.3. The molecular formula is C20H18N8O3. The third-order valence-corrected chi connectivity index (χ3v) is 5.10. The molecule has 1 aliphatic heterocycles. The third kappa shape index (κ3) is 3.40. The molecule has 31 heavy (non-hydrogen) atoms. The number of rotatable bonds is 5. The lowest BCUT2D eigenvalue weighted by Crippen LogP contribution is -2.35. The first-order valence-corrected chi connectivity index (χ1v) is 9.55. The fourth-order valence-corrected chi connectivity index (χ4v) is 3.40.